The van der Waals surface area contributed by atoms with Crippen molar-refractivity contribution in [1.29, 1.82) is 0 Å². The standard InChI is InChI=1S/C17H24ClN3O4S/c1-20-8-5-13(6-9-20)19-17(22)16-7-10-21(26(2,23)24)14-11-12(18)3-4-15(14)25-16/h3-4,11,13,16H,5-10H2,1-2H3,(H,19,22)/t16-/m0/s1. The number of anilines is 1. The Morgan fingerprint density at radius 1 is 1.23 bits per heavy atom. The number of nitrogens with zero attached hydrogens (tertiary/aromatic N) is 2. The van der Waals surface area contributed by atoms with Gasteiger partial charge < -0.3 is 15.0 Å². The molecule has 2 aliphatic heterocycles. The number of rotatable bonds is 3. The highest BCUT2D eigenvalue weighted by Gasteiger charge is 2.32. The van der Waals surface area contributed by atoms with E-state index in [2.05, 4.69) is 17.3 Å². The predicted octanol–water partition coefficient (Wildman–Crippen LogP) is 1.47. The third-order valence-electron chi connectivity index (χ3n) is 4.81. The summed E-state index contributed by atoms with van der Waals surface area (Å²) in [6, 6.07) is 4.91. The molecule has 0 aromatic heterocycles. The molecule has 144 valence electrons. The van der Waals surface area contributed by atoms with Crippen molar-refractivity contribution < 1.29 is 17.9 Å². The summed E-state index contributed by atoms with van der Waals surface area (Å²) in [5.41, 5.74) is 0.370. The highest BCUT2D eigenvalue weighted by Crippen LogP contribution is 2.36. The summed E-state index contributed by atoms with van der Waals surface area (Å²) in [5, 5.41) is 3.46. The predicted molar refractivity (Wildman–Crippen MR) is 101 cm³/mol. The number of likely N-dealkylation sites (tertiary alicyclic amines) is 1. The van der Waals surface area contributed by atoms with E-state index in [-0.39, 0.29) is 24.9 Å². The molecular formula is C17H24ClN3O4S. The number of hydrogen-bond acceptors (Lipinski definition) is 5. The molecule has 0 spiro atoms. The van der Waals surface area contributed by atoms with Crippen molar-refractivity contribution in [3.63, 3.8) is 0 Å². The Hall–Kier alpha value is -1.51. The van der Waals surface area contributed by atoms with E-state index in [0.29, 0.717) is 16.5 Å². The molecule has 2 heterocycles. The van der Waals surface area contributed by atoms with Crippen LogP contribution in [-0.2, 0) is 14.8 Å². The van der Waals surface area contributed by atoms with Gasteiger partial charge in [0.25, 0.3) is 5.91 Å². The maximum Gasteiger partial charge on any atom is 0.261 e. The fourth-order valence-electron chi connectivity index (χ4n) is 3.33. The van der Waals surface area contributed by atoms with Gasteiger partial charge in [-0.3, -0.25) is 9.10 Å². The van der Waals surface area contributed by atoms with Gasteiger partial charge in [-0.1, -0.05) is 11.6 Å². The Morgan fingerprint density at radius 3 is 2.58 bits per heavy atom. The number of hydrogen-bond donors (Lipinski definition) is 1. The lowest BCUT2D eigenvalue weighted by Crippen LogP contribution is -2.48. The number of carbonyl (C=O) groups excluding carboxylic acids is 1. The normalized spacial score (nSPS) is 22.3. The minimum atomic E-state index is -3.50. The van der Waals surface area contributed by atoms with E-state index in [4.69, 9.17) is 16.3 Å². The number of benzene rings is 1. The number of carbonyl (C=O) groups is 1. The molecule has 2 aliphatic rings. The number of sulfonamides is 1. The molecule has 0 unspecified atom stereocenters. The average molecular weight is 402 g/mol. The average Bonchev–Trinajstić information content (AvgIpc) is 2.76. The molecule has 1 atom stereocenters. The van der Waals surface area contributed by atoms with Crippen LogP contribution in [0.1, 0.15) is 19.3 Å². The van der Waals surface area contributed by atoms with Gasteiger partial charge in [0, 0.05) is 24.0 Å². The molecule has 1 aromatic rings. The number of nitrogens with one attached hydrogen (secondary N) is 1. The lowest BCUT2D eigenvalue weighted by molar-refractivity contribution is -0.129. The van der Waals surface area contributed by atoms with Crippen LogP contribution in [0.2, 0.25) is 5.02 Å². The van der Waals surface area contributed by atoms with Crippen molar-refractivity contribution in [1.82, 2.24) is 10.2 Å². The van der Waals surface area contributed by atoms with Gasteiger partial charge in [-0.15, -0.1) is 0 Å². The van der Waals surface area contributed by atoms with Crippen molar-refractivity contribution in [2.75, 3.05) is 37.2 Å². The summed E-state index contributed by atoms with van der Waals surface area (Å²) in [6.45, 7) is 2.05. The number of fused-ring (bicyclic) bond motifs is 1. The van der Waals surface area contributed by atoms with Crippen molar-refractivity contribution in [3.8, 4) is 5.75 Å². The summed E-state index contributed by atoms with van der Waals surface area (Å²) < 4.78 is 31.4. The van der Waals surface area contributed by atoms with Crippen LogP contribution < -0.4 is 14.4 Å². The van der Waals surface area contributed by atoms with E-state index in [0.717, 1.165) is 32.2 Å². The first-order valence-corrected chi connectivity index (χ1v) is 10.9. The van der Waals surface area contributed by atoms with Gasteiger partial charge in [-0.2, -0.15) is 0 Å². The quantitative estimate of drug-likeness (QED) is 0.829. The van der Waals surface area contributed by atoms with Crippen molar-refractivity contribution >= 4 is 33.2 Å². The molecular weight excluding hydrogens is 378 g/mol. The lowest BCUT2D eigenvalue weighted by atomic mass is 10.0. The highest BCUT2D eigenvalue weighted by molar-refractivity contribution is 7.92. The van der Waals surface area contributed by atoms with E-state index in [1.807, 2.05) is 0 Å². The molecule has 3 rings (SSSR count). The van der Waals surface area contributed by atoms with Crippen LogP contribution in [0, 0.1) is 0 Å². The molecule has 7 nitrogen and oxygen atoms in total. The first-order chi connectivity index (χ1) is 12.2. The van der Waals surface area contributed by atoms with Crippen LogP contribution >= 0.6 is 11.6 Å². The number of halogens is 1. The van der Waals surface area contributed by atoms with Gasteiger partial charge in [0.05, 0.1) is 11.9 Å². The van der Waals surface area contributed by atoms with E-state index in [1.54, 1.807) is 18.2 Å². The molecule has 0 bridgehead atoms. The van der Waals surface area contributed by atoms with E-state index >= 15 is 0 Å². The van der Waals surface area contributed by atoms with Crippen LogP contribution in [0.5, 0.6) is 5.75 Å². The molecule has 1 N–H and O–H groups in total. The van der Waals surface area contributed by atoms with E-state index in [1.165, 1.54) is 4.31 Å². The monoisotopic (exact) mass is 401 g/mol. The first-order valence-electron chi connectivity index (χ1n) is 8.67. The van der Waals surface area contributed by atoms with Gasteiger partial charge in [0.2, 0.25) is 10.0 Å². The van der Waals surface area contributed by atoms with Crippen molar-refractivity contribution in [2.24, 2.45) is 0 Å². The minimum absolute atomic E-state index is 0.126. The Balaban J connectivity index is 1.77. The van der Waals surface area contributed by atoms with E-state index < -0.39 is 16.1 Å². The summed E-state index contributed by atoms with van der Waals surface area (Å²) in [4.78, 5) is 14.9. The zero-order chi connectivity index (χ0) is 18.9. The number of ether oxygens (including phenoxy) is 1. The summed E-state index contributed by atoms with van der Waals surface area (Å²) in [7, 11) is -1.44. The molecule has 0 radical (unpaired) electrons. The third-order valence-corrected chi connectivity index (χ3v) is 6.23. The number of amides is 1. The lowest BCUT2D eigenvalue weighted by Gasteiger charge is -2.30. The summed E-state index contributed by atoms with van der Waals surface area (Å²) >= 11 is 6.02. The highest BCUT2D eigenvalue weighted by atomic mass is 35.5. The molecule has 0 saturated carbocycles. The van der Waals surface area contributed by atoms with Crippen molar-refractivity contribution in [2.45, 2.75) is 31.4 Å². The zero-order valence-corrected chi connectivity index (χ0v) is 16.5. The van der Waals surface area contributed by atoms with Gasteiger partial charge in [0.15, 0.2) is 6.10 Å². The molecule has 1 aromatic carbocycles. The SMILES string of the molecule is CN1CCC(NC(=O)[C@@H]2CCN(S(C)(=O)=O)c3cc(Cl)ccc3O2)CC1. The first kappa shape index (κ1) is 19.3. The largest absolute Gasteiger partial charge is 0.478 e. The Morgan fingerprint density at radius 2 is 1.92 bits per heavy atom. The molecule has 9 heteroatoms. The summed E-state index contributed by atoms with van der Waals surface area (Å²) in [6.07, 6.45) is 2.48. The van der Waals surface area contributed by atoms with Crippen LogP contribution in [0.3, 0.4) is 0 Å². The molecule has 1 fully saturated rings. The second-order valence-electron chi connectivity index (χ2n) is 6.93. The molecule has 26 heavy (non-hydrogen) atoms. The van der Waals surface area contributed by atoms with Crippen molar-refractivity contribution in [3.05, 3.63) is 23.2 Å². The van der Waals surface area contributed by atoms with Crippen LogP contribution in [-0.4, -0.2) is 64.3 Å². The fraction of sp³-hybridized carbons (Fsp3) is 0.588. The van der Waals surface area contributed by atoms with Crippen LogP contribution in [0.4, 0.5) is 5.69 Å². The van der Waals surface area contributed by atoms with Crippen LogP contribution in [0.25, 0.3) is 0 Å². The van der Waals surface area contributed by atoms with Crippen LogP contribution in [0.15, 0.2) is 18.2 Å². The second kappa shape index (κ2) is 7.62. The Labute approximate surface area is 159 Å². The molecule has 0 aliphatic carbocycles. The van der Waals surface area contributed by atoms with Gasteiger partial charge in [-0.05, 0) is 51.2 Å². The van der Waals surface area contributed by atoms with E-state index in [9.17, 15) is 13.2 Å². The van der Waals surface area contributed by atoms with Gasteiger partial charge >= 0.3 is 0 Å². The number of piperidine rings is 1. The van der Waals surface area contributed by atoms with Gasteiger partial charge in [0.1, 0.15) is 5.75 Å². The maximum absolute atomic E-state index is 12.7. The fourth-order valence-corrected chi connectivity index (χ4v) is 4.43. The minimum Gasteiger partial charge on any atom is -0.478 e. The van der Waals surface area contributed by atoms with Gasteiger partial charge in [-0.25, -0.2) is 8.42 Å². The smallest absolute Gasteiger partial charge is 0.261 e. The summed E-state index contributed by atoms with van der Waals surface area (Å²) in [5.74, 6) is 0.150. The third kappa shape index (κ3) is 4.42. The Bertz CT molecular complexity index is 778. The second-order valence-corrected chi connectivity index (χ2v) is 9.27. The maximum atomic E-state index is 12.7. The zero-order valence-electron chi connectivity index (χ0n) is 14.9. The molecule has 1 amide bonds. The Kier molecular flexibility index (Phi) is 5.64. The topological polar surface area (TPSA) is 79.0 Å². The molecule has 1 saturated heterocycles.